The molecule has 1 aliphatic rings. The number of ether oxygens (including phenoxy) is 1. The lowest BCUT2D eigenvalue weighted by Crippen LogP contribution is -2.45. The van der Waals surface area contributed by atoms with Crippen LogP contribution in [0.15, 0.2) is 24.3 Å². The smallest absolute Gasteiger partial charge is 0.329 e. The average molecular weight is 381 g/mol. The third kappa shape index (κ3) is 4.39. The predicted molar refractivity (Wildman–Crippen MR) is 108 cm³/mol. The number of nitriles is 1. The minimum Gasteiger partial charge on any atom is -0.464 e. The van der Waals surface area contributed by atoms with Crippen LogP contribution in [0.25, 0.3) is 11.0 Å². The van der Waals surface area contributed by atoms with Crippen LogP contribution in [0.4, 0.5) is 5.82 Å². The van der Waals surface area contributed by atoms with E-state index in [1.165, 1.54) is 0 Å². The standard InChI is InChI=1S/C21H27N5O2/c1-4-15(2)14-28-21(27)16(13-22)19-20(26-11-9-25(3)10-12-26)24-18-8-6-5-7-17(18)23-19/h5-8,15-16H,4,9-12,14H2,1-3H3/t15-,16-/m1/s1. The Kier molecular flexibility index (Phi) is 6.42. The van der Waals surface area contributed by atoms with Crippen LogP contribution in [-0.2, 0) is 9.53 Å². The highest BCUT2D eigenvalue weighted by atomic mass is 16.5. The van der Waals surface area contributed by atoms with E-state index in [0.717, 1.165) is 38.1 Å². The van der Waals surface area contributed by atoms with Crippen molar-refractivity contribution < 1.29 is 9.53 Å². The van der Waals surface area contributed by atoms with Gasteiger partial charge in [-0.3, -0.25) is 4.79 Å². The largest absolute Gasteiger partial charge is 0.464 e. The van der Waals surface area contributed by atoms with Gasteiger partial charge in [0.1, 0.15) is 5.69 Å². The maximum absolute atomic E-state index is 12.7. The minimum atomic E-state index is -1.09. The van der Waals surface area contributed by atoms with Gasteiger partial charge in [-0.2, -0.15) is 5.26 Å². The fraction of sp³-hybridized carbons (Fsp3) is 0.524. The summed E-state index contributed by atoms with van der Waals surface area (Å²) in [5.74, 6) is -0.777. The van der Waals surface area contributed by atoms with Crippen LogP contribution < -0.4 is 4.90 Å². The highest BCUT2D eigenvalue weighted by Gasteiger charge is 2.31. The first-order chi connectivity index (χ1) is 13.5. The second kappa shape index (κ2) is 8.98. The molecule has 148 valence electrons. The van der Waals surface area contributed by atoms with E-state index in [9.17, 15) is 10.1 Å². The number of likely N-dealkylation sites (N-methyl/N-ethyl adjacent to an activating group) is 1. The molecule has 1 fully saturated rings. The molecule has 1 aliphatic heterocycles. The lowest BCUT2D eigenvalue weighted by atomic mass is 10.1. The number of esters is 1. The summed E-state index contributed by atoms with van der Waals surface area (Å²) >= 11 is 0. The Morgan fingerprint density at radius 2 is 1.86 bits per heavy atom. The number of anilines is 1. The molecule has 0 radical (unpaired) electrons. The Bertz CT molecular complexity index is 871. The molecular formula is C21H27N5O2. The number of aromatic nitrogens is 2. The molecule has 0 aliphatic carbocycles. The number of carbonyl (C=O) groups is 1. The van der Waals surface area contributed by atoms with E-state index in [2.05, 4.69) is 27.9 Å². The topological polar surface area (TPSA) is 82.3 Å². The van der Waals surface area contributed by atoms with E-state index in [1.54, 1.807) is 0 Å². The van der Waals surface area contributed by atoms with Crippen LogP contribution in [0.3, 0.4) is 0 Å². The van der Waals surface area contributed by atoms with Crippen molar-refractivity contribution in [3.8, 4) is 6.07 Å². The zero-order valence-corrected chi connectivity index (χ0v) is 16.8. The summed E-state index contributed by atoms with van der Waals surface area (Å²) in [4.78, 5) is 26.5. The van der Waals surface area contributed by atoms with E-state index in [-0.39, 0.29) is 5.92 Å². The van der Waals surface area contributed by atoms with Crippen molar-refractivity contribution in [3.63, 3.8) is 0 Å². The van der Waals surface area contributed by atoms with Gasteiger partial charge in [-0.25, -0.2) is 9.97 Å². The molecule has 0 saturated carbocycles. The van der Waals surface area contributed by atoms with Crippen molar-refractivity contribution >= 4 is 22.8 Å². The molecule has 0 amide bonds. The number of nitrogens with zero attached hydrogens (tertiary/aromatic N) is 5. The highest BCUT2D eigenvalue weighted by Crippen LogP contribution is 2.28. The first-order valence-corrected chi connectivity index (χ1v) is 9.80. The fourth-order valence-corrected chi connectivity index (χ4v) is 3.10. The second-order valence-electron chi connectivity index (χ2n) is 7.42. The van der Waals surface area contributed by atoms with Gasteiger partial charge >= 0.3 is 5.97 Å². The summed E-state index contributed by atoms with van der Waals surface area (Å²) in [5.41, 5.74) is 1.81. The molecule has 2 aromatic rings. The Balaban J connectivity index is 1.97. The monoisotopic (exact) mass is 381 g/mol. The molecule has 2 heterocycles. The quantitative estimate of drug-likeness (QED) is 0.711. The Morgan fingerprint density at radius 1 is 1.21 bits per heavy atom. The van der Waals surface area contributed by atoms with Gasteiger partial charge in [0.05, 0.1) is 23.7 Å². The molecular weight excluding hydrogens is 354 g/mol. The van der Waals surface area contributed by atoms with Gasteiger partial charge in [0, 0.05) is 26.2 Å². The molecule has 1 saturated heterocycles. The maximum Gasteiger partial charge on any atom is 0.329 e. The van der Waals surface area contributed by atoms with Gasteiger partial charge < -0.3 is 14.5 Å². The molecule has 1 aromatic carbocycles. The number of fused-ring (bicyclic) bond motifs is 1. The van der Waals surface area contributed by atoms with E-state index in [0.29, 0.717) is 23.6 Å². The van der Waals surface area contributed by atoms with E-state index >= 15 is 0 Å². The number of rotatable bonds is 6. The van der Waals surface area contributed by atoms with Crippen LogP contribution in [-0.4, -0.2) is 60.7 Å². The Morgan fingerprint density at radius 3 is 2.46 bits per heavy atom. The first kappa shape index (κ1) is 20.0. The second-order valence-corrected chi connectivity index (χ2v) is 7.42. The minimum absolute atomic E-state index is 0.253. The van der Waals surface area contributed by atoms with E-state index < -0.39 is 11.9 Å². The fourth-order valence-electron chi connectivity index (χ4n) is 3.10. The summed E-state index contributed by atoms with van der Waals surface area (Å²) < 4.78 is 5.42. The van der Waals surface area contributed by atoms with Crippen molar-refractivity contribution in [1.29, 1.82) is 5.26 Å². The van der Waals surface area contributed by atoms with Crippen molar-refractivity contribution in [3.05, 3.63) is 30.0 Å². The molecule has 3 rings (SSSR count). The van der Waals surface area contributed by atoms with Crippen LogP contribution in [0.2, 0.25) is 0 Å². The van der Waals surface area contributed by atoms with Crippen molar-refractivity contribution in [1.82, 2.24) is 14.9 Å². The van der Waals surface area contributed by atoms with Gasteiger partial charge in [0.25, 0.3) is 0 Å². The number of carbonyl (C=O) groups excluding carboxylic acids is 1. The zero-order chi connectivity index (χ0) is 20.1. The van der Waals surface area contributed by atoms with Crippen LogP contribution >= 0.6 is 0 Å². The maximum atomic E-state index is 12.7. The summed E-state index contributed by atoms with van der Waals surface area (Å²) in [6, 6.07) is 9.62. The average Bonchev–Trinajstić information content (AvgIpc) is 2.72. The molecule has 0 spiro atoms. The normalized spacial score (nSPS) is 17.1. The van der Waals surface area contributed by atoms with Crippen molar-refractivity contribution in [2.75, 3.05) is 44.7 Å². The molecule has 0 bridgehead atoms. The van der Waals surface area contributed by atoms with E-state index in [4.69, 9.17) is 9.72 Å². The van der Waals surface area contributed by atoms with Gasteiger partial charge in [0.15, 0.2) is 11.7 Å². The lowest BCUT2D eigenvalue weighted by molar-refractivity contribution is -0.145. The number of hydrogen-bond donors (Lipinski definition) is 0. The molecule has 28 heavy (non-hydrogen) atoms. The lowest BCUT2D eigenvalue weighted by Gasteiger charge is -2.34. The number of hydrogen-bond acceptors (Lipinski definition) is 7. The first-order valence-electron chi connectivity index (χ1n) is 9.80. The summed E-state index contributed by atoms with van der Waals surface area (Å²) in [6.07, 6.45) is 0.910. The van der Waals surface area contributed by atoms with Crippen molar-refractivity contribution in [2.45, 2.75) is 26.2 Å². The number of para-hydroxylation sites is 2. The predicted octanol–water partition coefficient (Wildman–Crippen LogP) is 2.58. The van der Waals surface area contributed by atoms with Crippen LogP contribution in [0, 0.1) is 17.2 Å². The Hall–Kier alpha value is -2.72. The van der Waals surface area contributed by atoms with Gasteiger partial charge in [-0.15, -0.1) is 0 Å². The summed E-state index contributed by atoms with van der Waals surface area (Å²) in [6.45, 7) is 7.69. The highest BCUT2D eigenvalue weighted by molar-refractivity contribution is 5.85. The summed E-state index contributed by atoms with van der Waals surface area (Å²) in [7, 11) is 2.08. The molecule has 0 N–H and O–H groups in total. The van der Waals surface area contributed by atoms with E-state index in [1.807, 2.05) is 38.1 Å². The van der Waals surface area contributed by atoms with Crippen LogP contribution in [0.5, 0.6) is 0 Å². The third-order valence-corrected chi connectivity index (χ3v) is 5.23. The number of benzene rings is 1. The van der Waals surface area contributed by atoms with Crippen LogP contribution in [0.1, 0.15) is 31.9 Å². The third-order valence-electron chi connectivity index (χ3n) is 5.23. The van der Waals surface area contributed by atoms with Gasteiger partial charge in [-0.05, 0) is 25.1 Å². The molecule has 0 unspecified atom stereocenters. The SMILES string of the molecule is CC[C@@H](C)COC(=O)[C@H](C#N)c1nc2ccccc2nc1N1CCN(C)CC1. The Labute approximate surface area is 165 Å². The van der Waals surface area contributed by atoms with Crippen molar-refractivity contribution in [2.24, 2.45) is 5.92 Å². The molecule has 2 atom stereocenters. The summed E-state index contributed by atoms with van der Waals surface area (Å²) in [5, 5.41) is 9.76. The molecule has 1 aromatic heterocycles. The zero-order valence-electron chi connectivity index (χ0n) is 16.8. The molecule has 7 heteroatoms. The van der Waals surface area contributed by atoms with Gasteiger partial charge in [-0.1, -0.05) is 32.4 Å². The number of piperazine rings is 1. The molecule has 7 nitrogen and oxygen atoms in total. The van der Waals surface area contributed by atoms with Gasteiger partial charge in [0.2, 0.25) is 0 Å².